The molecule has 0 amide bonds. The summed E-state index contributed by atoms with van der Waals surface area (Å²) in [5.74, 6) is 0. The molecule has 10 aromatic rings. The minimum absolute atomic E-state index is 0.0410. The minimum Gasteiger partial charge on any atom is -0.311 e. The second kappa shape index (κ2) is 13.9. The van der Waals surface area contributed by atoms with E-state index in [1.807, 2.05) is 0 Å². The smallest absolute Gasteiger partial charge is 0.0541 e. The fourth-order valence-corrected chi connectivity index (χ4v) is 9.45. The molecule has 59 heavy (non-hydrogen) atoms. The lowest BCUT2D eigenvalue weighted by molar-refractivity contribution is 0.660. The number of rotatable bonds is 7. The SMILES string of the molecule is CC1(C)c2ccccc2-c2ccc(-c3ccc(N(c4ccc(-c5ccccc5)cc4)c4ccc(-c5ccccc5-n5c6ccccc6c6ccccc65)cc4)cc3)cc21. The first-order valence-corrected chi connectivity index (χ1v) is 20.5. The van der Waals surface area contributed by atoms with Gasteiger partial charge in [-0.1, -0.05) is 172 Å². The Kier molecular flexibility index (Phi) is 8.20. The molecule has 0 N–H and O–H groups in total. The second-order valence-corrected chi connectivity index (χ2v) is 16.2. The molecule has 1 aliphatic rings. The molecule has 11 rings (SSSR count). The number of benzene rings is 9. The monoisotopic (exact) mass is 754 g/mol. The minimum atomic E-state index is -0.0410. The van der Waals surface area contributed by atoms with Gasteiger partial charge in [-0.05, 0) is 111 Å². The molecular formula is C57H42N2. The molecule has 0 radical (unpaired) electrons. The summed E-state index contributed by atoms with van der Waals surface area (Å²) < 4.78 is 2.41. The van der Waals surface area contributed by atoms with Gasteiger partial charge in [0.1, 0.15) is 0 Å². The van der Waals surface area contributed by atoms with Gasteiger partial charge < -0.3 is 9.47 Å². The number of fused-ring (bicyclic) bond motifs is 6. The first-order chi connectivity index (χ1) is 29.0. The molecular weight excluding hydrogens is 713 g/mol. The van der Waals surface area contributed by atoms with Gasteiger partial charge in [-0.2, -0.15) is 0 Å². The lowest BCUT2D eigenvalue weighted by Gasteiger charge is -2.26. The van der Waals surface area contributed by atoms with Gasteiger partial charge in [0, 0.05) is 38.8 Å². The Morgan fingerprint density at radius 2 is 0.780 bits per heavy atom. The van der Waals surface area contributed by atoms with Crippen molar-refractivity contribution in [3.05, 3.63) is 230 Å². The Hall–Kier alpha value is -7.42. The first kappa shape index (κ1) is 34.8. The molecule has 0 saturated heterocycles. The summed E-state index contributed by atoms with van der Waals surface area (Å²) in [5, 5.41) is 2.53. The summed E-state index contributed by atoms with van der Waals surface area (Å²) >= 11 is 0. The van der Waals surface area contributed by atoms with Crippen molar-refractivity contribution in [2.24, 2.45) is 0 Å². The Labute approximate surface area is 345 Å². The van der Waals surface area contributed by atoms with Crippen molar-refractivity contribution in [1.29, 1.82) is 0 Å². The lowest BCUT2D eigenvalue weighted by atomic mass is 9.81. The third-order valence-corrected chi connectivity index (χ3v) is 12.4. The van der Waals surface area contributed by atoms with E-state index in [0.717, 1.165) is 17.1 Å². The largest absolute Gasteiger partial charge is 0.311 e. The van der Waals surface area contributed by atoms with E-state index in [-0.39, 0.29) is 5.41 Å². The summed E-state index contributed by atoms with van der Waals surface area (Å²) in [5.41, 5.74) is 19.5. The van der Waals surface area contributed by atoms with Crippen LogP contribution in [-0.2, 0) is 5.41 Å². The molecule has 2 heteroatoms. The molecule has 0 saturated carbocycles. The predicted molar refractivity (Wildman–Crippen MR) is 249 cm³/mol. The Balaban J connectivity index is 0.980. The van der Waals surface area contributed by atoms with E-state index in [9.17, 15) is 0 Å². The van der Waals surface area contributed by atoms with Crippen molar-refractivity contribution >= 4 is 38.9 Å². The highest BCUT2D eigenvalue weighted by Gasteiger charge is 2.35. The van der Waals surface area contributed by atoms with Crippen molar-refractivity contribution in [3.8, 4) is 50.2 Å². The molecule has 9 aromatic carbocycles. The van der Waals surface area contributed by atoms with Crippen LogP contribution in [0.1, 0.15) is 25.0 Å². The van der Waals surface area contributed by atoms with Crippen LogP contribution in [0.3, 0.4) is 0 Å². The van der Waals surface area contributed by atoms with E-state index in [0.29, 0.717) is 0 Å². The van der Waals surface area contributed by atoms with Crippen LogP contribution >= 0.6 is 0 Å². The maximum atomic E-state index is 2.41. The van der Waals surface area contributed by atoms with Crippen molar-refractivity contribution in [3.63, 3.8) is 0 Å². The summed E-state index contributed by atoms with van der Waals surface area (Å²) in [4.78, 5) is 2.36. The number of aromatic nitrogens is 1. The molecule has 280 valence electrons. The Bertz CT molecular complexity index is 3100. The van der Waals surface area contributed by atoms with E-state index >= 15 is 0 Å². The molecule has 1 aromatic heterocycles. The molecule has 0 atom stereocenters. The zero-order chi connectivity index (χ0) is 39.5. The van der Waals surface area contributed by atoms with Gasteiger partial charge >= 0.3 is 0 Å². The third kappa shape index (κ3) is 5.79. The highest BCUT2D eigenvalue weighted by molar-refractivity contribution is 6.09. The van der Waals surface area contributed by atoms with Gasteiger partial charge in [-0.15, -0.1) is 0 Å². The topological polar surface area (TPSA) is 8.17 Å². The zero-order valence-electron chi connectivity index (χ0n) is 33.2. The maximum absolute atomic E-state index is 2.41. The molecule has 2 nitrogen and oxygen atoms in total. The lowest BCUT2D eigenvalue weighted by Crippen LogP contribution is -2.14. The van der Waals surface area contributed by atoms with Gasteiger partial charge in [-0.25, -0.2) is 0 Å². The molecule has 0 bridgehead atoms. The van der Waals surface area contributed by atoms with Crippen LogP contribution in [0.5, 0.6) is 0 Å². The van der Waals surface area contributed by atoms with Crippen LogP contribution in [0.4, 0.5) is 17.1 Å². The molecule has 1 heterocycles. The quantitative estimate of drug-likeness (QED) is 0.157. The highest BCUT2D eigenvalue weighted by Crippen LogP contribution is 2.50. The van der Waals surface area contributed by atoms with Crippen LogP contribution in [-0.4, -0.2) is 4.57 Å². The fourth-order valence-electron chi connectivity index (χ4n) is 9.45. The molecule has 0 unspecified atom stereocenters. The second-order valence-electron chi connectivity index (χ2n) is 16.2. The van der Waals surface area contributed by atoms with Crippen LogP contribution in [0, 0.1) is 0 Å². The van der Waals surface area contributed by atoms with Crippen LogP contribution in [0.2, 0.25) is 0 Å². The molecule has 0 fully saturated rings. The van der Waals surface area contributed by atoms with Crippen molar-refractivity contribution < 1.29 is 0 Å². The first-order valence-electron chi connectivity index (χ1n) is 20.5. The number of hydrogen-bond acceptors (Lipinski definition) is 1. The predicted octanol–water partition coefficient (Wildman–Crippen LogP) is 15.6. The standard InChI is InChI=1S/C57H42N2/c1-57(2)52-20-10-6-17-48(52)49-37-30-43(38-53(49)57)41-26-33-45(34-27-41)58(44-31-24-40(25-32-44)39-14-4-3-5-15-39)46-35-28-42(29-36-46)47-16-7-11-21-54(47)59-55-22-12-8-18-50(55)51-19-9-13-23-56(51)59/h3-38H,1-2H3. The van der Waals surface area contributed by atoms with Gasteiger partial charge in [0.15, 0.2) is 0 Å². The van der Waals surface area contributed by atoms with E-state index < -0.39 is 0 Å². The number of para-hydroxylation sites is 3. The van der Waals surface area contributed by atoms with Crippen LogP contribution < -0.4 is 4.90 Å². The summed E-state index contributed by atoms with van der Waals surface area (Å²) in [6, 6.07) is 79.7. The third-order valence-electron chi connectivity index (χ3n) is 12.4. The van der Waals surface area contributed by atoms with Gasteiger partial charge in [0.25, 0.3) is 0 Å². The maximum Gasteiger partial charge on any atom is 0.0541 e. The number of hydrogen-bond donors (Lipinski definition) is 0. The van der Waals surface area contributed by atoms with E-state index in [2.05, 4.69) is 242 Å². The van der Waals surface area contributed by atoms with Crippen molar-refractivity contribution in [2.45, 2.75) is 19.3 Å². The van der Waals surface area contributed by atoms with Gasteiger partial charge in [-0.3, -0.25) is 0 Å². The van der Waals surface area contributed by atoms with E-state index in [4.69, 9.17) is 0 Å². The van der Waals surface area contributed by atoms with Crippen LogP contribution in [0.25, 0.3) is 72.0 Å². The molecule has 1 aliphatic carbocycles. The van der Waals surface area contributed by atoms with Crippen molar-refractivity contribution in [2.75, 3.05) is 4.90 Å². The average molecular weight is 755 g/mol. The highest BCUT2D eigenvalue weighted by atomic mass is 15.1. The van der Waals surface area contributed by atoms with Gasteiger partial charge in [0.05, 0.1) is 16.7 Å². The average Bonchev–Trinajstić information content (AvgIpc) is 3.75. The molecule has 0 spiro atoms. The Morgan fingerprint density at radius 1 is 0.339 bits per heavy atom. The van der Waals surface area contributed by atoms with Crippen LogP contribution in [0.15, 0.2) is 218 Å². The van der Waals surface area contributed by atoms with Crippen molar-refractivity contribution in [1.82, 2.24) is 4.57 Å². The zero-order valence-corrected chi connectivity index (χ0v) is 33.2. The fraction of sp³-hybridized carbons (Fsp3) is 0.0526. The number of anilines is 3. The van der Waals surface area contributed by atoms with Gasteiger partial charge in [0.2, 0.25) is 0 Å². The number of nitrogens with zero attached hydrogens (tertiary/aromatic N) is 2. The summed E-state index contributed by atoms with van der Waals surface area (Å²) in [6.07, 6.45) is 0. The molecule has 0 aliphatic heterocycles. The summed E-state index contributed by atoms with van der Waals surface area (Å²) in [7, 11) is 0. The van der Waals surface area contributed by atoms with E-state index in [1.165, 1.54) is 83.1 Å². The normalized spacial score (nSPS) is 12.7. The summed E-state index contributed by atoms with van der Waals surface area (Å²) in [6.45, 7) is 4.69. The Morgan fingerprint density at radius 3 is 1.41 bits per heavy atom. The van der Waals surface area contributed by atoms with E-state index in [1.54, 1.807) is 0 Å².